The Labute approximate surface area is 125 Å². The molecule has 20 heavy (non-hydrogen) atoms. The fraction of sp³-hybridized carbons (Fsp3) is 0.733. The smallest absolute Gasteiger partial charge is 0.320 e. The topological polar surface area (TPSA) is 55.4 Å². The summed E-state index contributed by atoms with van der Waals surface area (Å²) in [5, 5.41) is 1.91. The molecule has 0 spiro atoms. The third-order valence-electron chi connectivity index (χ3n) is 3.09. The van der Waals surface area contributed by atoms with Gasteiger partial charge >= 0.3 is 5.97 Å². The first-order chi connectivity index (χ1) is 9.70. The molecule has 5 heteroatoms. The van der Waals surface area contributed by atoms with Crippen molar-refractivity contribution in [2.75, 3.05) is 13.2 Å². The number of terminal acetylenes is 1. The maximum Gasteiger partial charge on any atom is 0.320 e. The van der Waals surface area contributed by atoms with E-state index >= 15 is 0 Å². The second-order valence-corrected chi connectivity index (χ2v) is 6.12. The molecule has 1 aliphatic rings. The summed E-state index contributed by atoms with van der Waals surface area (Å²) in [6.07, 6.45) is 12.0. The summed E-state index contributed by atoms with van der Waals surface area (Å²) in [5.74, 6) is 1.89. The second-order valence-electron chi connectivity index (χ2n) is 4.83. The molecule has 2 atom stereocenters. The SMILES string of the molecule is C#CCNC(=O)[C@@H]1S[C@H]1C(=O)OCCCCCCCC. The number of thioether (sulfide) groups is 1. The fourth-order valence-electron chi connectivity index (χ4n) is 1.87. The molecular formula is C15H23NO3S. The van der Waals surface area contributed by atoms with E-state index in [9.17, 15) is 9.59 Å². The van der Waals surface area contributed by atoms with Gasteiger partial charge in [0.15, 0.2) is 0 Å². The highest BCUT2D eigenvalue weighted by atomic mass is 32.2. The summed E-state index contributed by atoms with van der Waals surface area (Å²) < 4.78 is 5.18. The Hall–Kier alpha value is -1.15. The van der Waals surface area contributed by atoms with E-state index in [0.717, 1.165) is 12.8 Å². The second kappa shape index (κ2) is 9.71. The van der Waals surface area contributed by atoms with E-state index < -0.39 is 0 Å². The van der Waals surface area contributed by atoms with Gasteiger partial charge in [0.1, 0.15) is 10.5 Å². The van der Waals surface area contributed by atoms with Gasteiger partial charge in [-0.1, -0.05) is 44.9 Å². The van der Waals surface area contributed by atoms with Crippen molar-refractivity contribution in [3.05, 3.63) is 0 Å². The van der Waals surface area contributed by atoms with Crippen LogP contribution >= 0.6 is 11.8 Å². The lowest BCUT2D eigenvalue weighted by Gasteiger charge is -2.04. The molecule has 1 rings (SSSR count). The van der Waals surface area contributed by atoms with Crippen molar-refractivity contribution in [3.8, 4) is 12.3 Å². The summed E-state index contributed by atoms with van der Waals surface area (Å²) in [6, 6.07) is 0. The first kappa shape index (κ1) is 16.9. The maximum absolute atomic E-state index is 11.7. The van der Waals surface area contributed by atoms with Gasteiger partial charge in [-0.25, -0.2) is 0 Å². The summed E-state index contributed by atoms with van der Waals surface area (Å²) >= 11 is 1.32. The van der Waals surface area contributed by atoms with Crippen molar-refractivity contribution in [3.63, 3.8) is 0 Å². The van der Waals surface area contributed by atoms with Crippen LogP contribution < -0.4 is 5.32 Å². The van der Waals surface area contributed by atoms with Crippen molar-refractivity contribution < 1.29 is 14.3 Å². The van der Waals surface area contributed by atoms with Crippen molar-refractivity contribution in [1.82, 2.24) is 5.32 Å². The average molecular weight is 297 g/mol. The van der Waals surface area contributed by atoms with Crippen LogP contribution in [0.2, 0.25) is 0 Å². The van der Waals surface area contributed by atoms with Crippen molar-refractivity contribution >= 4 is 23.6 Å². The van der Waals surface area contributed by atoms with Gasteiger partial charge in [-0.3, -0.25) is 9.59 Å². The zero-order valence-electron chi connectivity index (χ0n) is 12.0. The first-order valence-electron chi connectivity index (χ1n) is 7.24. The van der Waals surface area contributed by atoms with E-state index in [2.05, 4.69) is 18.2 Å². The third kappa shape index (κ3) is 6.33. The highest BCUT2D eigenvalue weighted by Gasteiger charge is 2.50. The number of amides is 1. The van der Waals surface area contributed by atoms with E-state index in [1.807, 2.05) is 0 Å². The Morgan fingerprint density at radius 3 is 2.60 bits per heavy atom. The Morgan fingerprint density at radius 2 is 1.90 bits per heavy atom. The minimum Gasteiger partial charge on any atom is -0.465 e. The molecule has 1 fully saturated rings. The quantitative estimate of drug-likeness (QED) is 0.290. The molecule has 1 amide bonds. The van der Waals surface area contributed by atoms with Crippen LogP contribution in [0.4, 0.5) is 0 Å². The minimum atomic E-state index is -0.340. The number of carbonyl (C=O) groups excluding carboxylic acids is 2. The van der Waals surface area contributed by atoms with E-state index in [1.54, 1.807) is 0 Å². The fourth-order valence-corrected chi connectivity index (χ4v) is 2.71. The summed E-state index contributed by atoms with van der Waals surface area (Å²) in [4.78, 5) is 23.2. The van der Waals surface area contributed by atoms with E-state index in [-0.39, 0.29) is 28.9 Å². The molecule has 0 aromatic heterocycles. The Balaban J connectivity index is 2.02. The van der Waals surface area contributed by atoms with Crippen LogP contribution in [0.5, 0.6) is 0 Å². The molecule has 0 unspecified atom stereocenters. The third-order valence-corrected chi connectivity index (χ3v) is 4.31. The standard InChI is InChI=1S/C15H23NO3S/c1-3-5-6-7-8-9-11-19-15(18)13-12(20-13)14(17)16-10-4-2/h2,12-13H,3,5-11H2,1H3,(H,16,17)/t12-,13-/m1/s1. The number of hydrogen-bond acceptors (Lipinski definition) is 4. The van der Waals surface area contributed by atoms with E-state index in [0.29, 0.717) is 6.61 Å². The molecule has 0 aromatic rings. The molecule has 1 aliphatic heterocycles. The molecule has 0 saturated carbocycles. The van der Waals surface area contributed by atoms with Gasteiger partial charge in [0, 0.05) is 0 Å². The predicted octanol–water partition coefficient (Wildman–Crippen LogP) is 2.12. The van der Waals surface area contributed by atoms with Crippen LogP contribution in [-0.4, -0.2) is 35.5 Å². The van der Waals surface area contributed by atoms with Gasteiger partial charge in [-0.15, -0.1) is 18.2 Å². The number of nitrogens with one attached hydrogen (secondary N) is 1. The lowest BCUT2D eigenvalue weighted by Crippen LogP contribution is -2.30. The Morgan fingerprint density at radius 1 is 1.20 bits per heavy atom. The molecule has 1 heterocycles. The summed E-state index contributed by atoms with van der Waals surface area (Å²) in [7, 11) is 0. The number of ether oxygens (including phenoxy) is 1. The number of rotatable bonds is 10. The van der Waals surface area contributed by atoms with Gasteiger partial charge < -0.3 is 10.1 Å². The molecule has 0 aliphatic carbocycles. The van der Waals surface area contributed by atoms with Gasteiger partial charge in [0.25, 0.3) is 0 Å². The Kier molecular flexibility index (Phi) is 8.20. The molecule has 112 valence electrons. The molecule has 0 bridgehead atoms. The maximum atomic E-state index is 11.7. The molecule has 1 N–H and O–H groups in total. The number of unbranched alkanes of at least 4 members (excludes halogenated alkanes) is 5. The van der Waals surface area contributed by atoms with Crippen LogP contribution in [0.15, 0.2) is 0 Å². The van der Waals surface area contributed by atoms with Crippen LogP contribution in [-0.2, 0) is 14.3 Å². The molecular weight excluding hydrogens is 274 g/mol. The average Bonchev–Trinajstić information content (AvgIpc) is 3.24. The van der Waals surface area contributed by atoms with Crippen LogP contribution in [0.1, 0.15) is 45.4 Å². The highest BCUT2D eigenvalue weighted by molar-refractivity contribution is 8.09. The zero-order valence-corrected chi connectivity index (χ0v) is 12.8. The Bertz CT molecular complexity index is 365. The minimum absolute atomic E-state index is 0.172. The van der Waals surface area contributed by atoms with Crippen molar-refractivity contribution in [2.24, 2.45) is 0 Å². The van der Waals surface area contributed by atoms with Gasteiger partial charge in [-0.2, -0.15) is 0 Å². The van der Waals surface area contributed by atoms with Crippen LogP contribution in [0, 0.1) is 12.3 Å². The normalized spacial score (nSPS) is 20.0. The summed E-state index contributed by atoms with van der Waals surface area (Å²) in [6.45, 7) is 2.85. The molecule has 0 radical (unpaired) electrons. The molecule has 1 saturated heterocycles. The van der Waals surface area contributed by atoms with E-state index in [1.165, 1.54) is 37.4 Å². The van der Waals surface area contributed by atoms with Crippen molar-refractivity contribution in [2.45, 2.75) is 55.9 Å². The lowest BCUT2D eigenvalue weighted by molar-refractivity contribution is -0.143. The monoisotopic (exact) mass is 297 g/mol. The highest BCUT2D eigenvalue weighted by Crippen LogP contribution is 2.42. The van der Waals surface area contributed by atoms with Crippen LogP contribution in [0.25, 0.3) is 0 Å². The van der Waals surface area contributed by atoms with Gasteiger partial charge in [-0.05, 0) is 6.42 Å². The summed E-state index contributed by atoms with van der Waals surface area (Å²) in [5.41, 5.74) is 0. The molecule has 4 nitrogen and oxygen atoms in total. The zero-order chi connectivity index (χ0) is 14.8. The van der Waals surface area contributed by atoms with Gasteiger partial charge in [0.2, 0.25) is 5.91 Å². The number of carbonyl (C=O) groups is 2. The molecule has 0 aromatic carbocycles. The number of esters is 1. The number of hydrogen-bond donors (Lipinski definition) is 1. The predicted molar refractivity (Wildman–Crippen MR) is 81.3 cm³/mol. The van der Waals surface area contributed by atoms with E-state index in [4.69, 9.17) is 11.2 Å². The van der Waals surface area contributed by atoms with Gasteiger partial charge in [0.05, 0.1) is 13.2 Å². The lowest BCUT2D eigenvalue weighted by atomic mass is 10.1. The van der Waals surface area contributed by atoms with Crippen LogP contribution in [0.3, 0.4) is 0 Å². The largest absolute Gasteiger partial charge is 0.465 e. The first-order valence-corrected chi connectivity index (χ1v) is 8.18. The van der Waals surface area contributed by atoms with Crippen molar-refractivity contribution in [1.29, 1.82) is 0 Å².